The summed E-state index contributed by atoms with van der Waals surface area (Å²) < 4.78 is 27.1. The first-order valence-corrected chi connectivity index (χ1v) is 9.82. The first-order chi connectivity index (χ1) is 9.87. The Morgan fingerprint density at radius 1 is 1.10 bits per heavy atom. The number of carbonyl (C=O) groups is 1. The van der Waals surface area contributed by atoms with Crippen LogP contribution in [0.15, 0.2) is 0 Å². The lowest BCUT2D eigenvalue weighted by molar-refractivity contribution is -0.131. The molecule has 1 saturated carbocycles. The van der Waals surface area contributed by atoms with E-state index < -0.39 is 15.8 Å². The van der Waals surface area contributed by atoms with Crippen LogP contribution in [0, 0.1) is 5.92 Å². The molecule has 0 aromatic rings. The highest BCUT2D eigenvalue weighted by atomic mass is 32.2. The van der Waals surface area contributed by atoms with Gasteiger partial charge in [0.05, 0.1) is 0 Å². The molecule has 5 nitrogen and oxygen atoms in total. The van der Waals surface area contributed by atoms with Gasteiger partial charge in [-0.2, -0.15) is 0 Å². The number of carbonyl (C=O) groups excluding carboxylic acids is 1. The highest BCUT2D eigenvalue weighted by Crippen LogP contribution is 2.24. The molecule has 21 heavy (non-hydrogen) atoms. The van der Waals surface area contributed by atoms with Crippen LogP contribution in [-0.4, -0.2) is 43.6 Å². The van der Waals surface area contributed by atoms with Gasteiger partial charge in [0, 0.05) is 18.6 Å². The van der Waals surface area contributed by atoms with Gasteiger partial charge >= 0.3 is 0 Å². The van der Waals surface area contributed by atoms with Crippen LogP contribution in [0.1, 0.15) is 58.8 Å². The second-order valence-corrected chi connectivity index (χ2v) is 8.52. The molecule has 6 heteroatoms. The van der Waals surface area contributed by atoms with E-state index >= 15 is 0 Å². The van der Waals surface area contributed by atoms with Crippen molar-refractivity contribution >= 4 is 15.9 Å². The fraction of sp³-hybridized carbons (Fsp3) is 0.933. The summed E-state index contributed by atoms with van der Waals surface area (Å²) in [7, 11) is -3.51. The molecule has 1 aliphatic carbocycles. The summed E-state index contributed by atoms with van der Waals surface area (Å²) in [4.78, 5) is 14.0. The molecule has 0 spiro atoms. The van der Waals surface area contributed by atoms with Crippen LogP contribution in [0.2, 0.25) is 0 Å². The van der Waals surface area contributed by atoms with Crippen molar-refractivity contribution in [2.45, 2.75) is 70.9 Å². The molecule has 0 bridgehead atoms. The van der Waals surface area contributed by atoms with Gasteiger partial charge < -0.3 is 4.90 Å². The number of hydrogen-bond acceptors (Lipinski definition) is 3. The van der Waals surface area contributed by atoms with Crippen molar-refractivity contribution in [3.8, 4) is 0 Å². The lowest BCUT2D eigenvalue weighted by atomic mass is 9.88. The zero-order valence-corrected chi connectivity index (χ0v) is 14.0. The van der Waals surface area contributed by atoms with Crippen LogP contribution >= 0.6 is 0 Å². The second kappa shape index (κ2) is 7.09. The number of hydrogen-bond donors (Lipinski definition) is 1. The predicted molar refractivity (Wildman–Crippen MR) is 83.4 cm³/mol. The van der Waals surface area contributed by atoms with E-state index in [2.05, 4.69) is 11.6 Å². The van der Waals surface area contributed by atoms with Crippen molar-refractivity contribution < 1.29 is 13.2 Å². The molecule has 0 aromatic heterocycles. The van der Waals surface area contributed by atoms with E-state index in [1.807, 2.05) is 6.92 Å². The van der Waals surface area contributed by atoms with Gasteiger partial charge in [-0.25, -0.2) is 13.1 Å². The molecule has 2 aliphatic rings. The zero-order chi connectivity index (χ0) is 15.5. The van der Waals surface area contributed by atoms with Gasteiger partial charge in [-0.05, 0) is 57.8 Å². The standard InChI is InChI=1S/C15H28N2O3S/c1-12-6-8-14(9-7-12)16-21(19,20)11-15(18)17-10-4-3-5-13(17)2/h12-14,16H,3-11H2,1-2H3/t12?,13-,14?/m1/s1. The topological polar surface area (TPSA) is 66.5 Å². The van der Waals surface area contributed by atoms with Gasteiger partial charge in [0.25, 0.3) is 0 Å². The predicted octanol–water partition coefficient (Wildman–Crippen LogP) is 1.89. The number of likely N-dealkylation sites (tertiary alicyclic amines) is 1. The molecular formula is C15H28N2O3S. The number of nitrogens with one attached hydrogen (secondary N) is 1. The van der Waals surface area contributed by atoms with E-state index in [0.717, 1.165) is 44.9 Å². The molecule has 1 atom stereocenters. The van der Waals surface area contributed by atoms with Crippen LogP contribution in [-0.2, 0) is 14.8 Å². The first kappa shape index (κ1) is 16.7. The van der Waals surface area contributed by atoms with E-state index in [-0.39, 0.29) is 18.0 Å². The number of piperidine rings is 1. The first-order valence-electron chi connectivity index (χ1n) is 8.17. The Bertz CT molecular complexity index is 456. The third kappa shape index (κ3) is 4.95. The Labute approximate surface area is 128 Å². The highest BCUT2D eigenvalue weighted by Gasteiger charge is 2.29. The third-order valence-electron chi connectivity index (χ3n) is 4.80. The largest absolute Gasteiger partial charge is 0.339 e. The fourth-order valence-electron chi connectivity index (χ4n) is 3.39. The number of amides is 1. The maximum absolute atomic E-state index is 12.2. The van der Waals surface area contributed by atoms with E-state index in [9.17, 15) is 13.2 Å². The van der Waals surface area contributed by atoms with Crippen molar-refractivity contribution in [3.63, 3.8) is 0 Å². The number of rotatable bonds is 4. The van der Waals surface area contributed by atoms with Gasteiger partial charge in [0.1, 0.15) is 5.75 Å². The van der Waals surface area contributed by atoms with Gasteiger partial charge in [-0.1, -0.05) is 6.92 Å². The van der Waals surface area contributed by atoms with E-state index in [0.29, 0.717) is 12.5 Å². The number of nitrogens with zero attached hydrogens (tertiary/aromatic N) is 1. The summed E-state index contributed by atoms with van der Waals surface area (Å²) in [5.74, 6) is 0.0316. The van der Waals surface area contributed by atoms with Gasteiger partial charge in [0.2, 0.25) is 15.9 Å². The molecular weight excluding hydrogens is 288 g/mol. The molecule has 0 radical (unpaired) electrons. The quantitative estimate of drug-likeness (QED) is 0.861. The second-order valence-electron chi connectivity index (χ2n) is 6.77. The van der Waals surface area contributed by atoms with Gasteiger partial charge in [-0.15, -0.1) is 0 Å². The Kier molecular flexibility index (Phi) is 5.66. The van der Waals surface area contributed by atoms with E-state index in [1.54, 1.807) is 4.90 Å². The number of sulfonamides is 1. The molecule has 1 aliphatic heterocycles. The Balaban J connectivity index is 1.86. The van der Waals surface area contributed by atoms with Crippen LogP contribution in [0.3, 0.4) is 0 Å². The zero-order valence-electron chi connectivity index (χ0n) is 13.2. The van der Waals surface area contributed by atoms with Crippen LogP contribution in [0.25, 0.3) is 0 Å². The third-order valence-corrected chi connectivity index (χ3v) is 6.12. The molecule has 1 amide bonds. The van der Waals surface area contributed by atoms with Gasteiger partial charge in [-0.3, -0.25) is 4.79 Å². The maximum atomic E-state index is 12.2. The summed E-state index contributed by atoms with van der Waals surface area (Å²) in [6, 6.07) is 0.176. The minimum absolute atomic E-state index is 0.0118. The SMILES string of the molecule is CC1CCC(NS(=O)(=O)CC(=O)N2CCCC[C@H]2C)CC1. The van der Waals surface area contributed by atoms with E-state index in [4.69, 9.17) is 0 Å². The molecule has 1 heterocycles. The van der Waals surface area contributed by atoms with Crippen molar-refractivity contribution in [1.82, 2.24) is 9.62 Å². The van der Waals surface area contributed by atoms with E-state index in [1.165, 1.54) is 0 Å². The lowest BCUT2D eigenvalue weighted by Crippen LogP contribution is -2.47. The molecule has 2 fully saturated rings. The Hall–Kier alpha value is -0.620. The highest BCUT2D eigenvalue weighted by molar-refractivity contribution is 7.90. The summed E-state index contributed by atoms with van der Waals surface area (Å²) in [5, 5.41) is 0. The van der Waals surface area contributed by atoms with Crippen LogP contribution in [0.4, 0.5) is 0 Å². The summed E-state index contributed by atoms with van der Waals surface area (Å²) in [6.07, 6.45) is 6.96. The molecule has 1 N–H and O–H groups in total. The lowest BCUT2D eigenvalue weighted by Gasteiger charge is -2.33. The van der Waals surface area contributed by atoms with Crippen molar-refractivity contribution in [2.24, 2.45) is 5.92 Å². The maximum Gasteiger partial charge on any atom is 0.239 e. The fourth-order valence-corrected chi connectivity index (χ4v) is 4.71. The molecule has 2 rings (SSSR count). The molecule has 1 saturated heterocycles. The average molecular weight is 316 g/mol. The summed E-state index contributed by atoms with van der Waals surface area (Å²) >= 11 is 0. The minimum Gasteiger partial charge on any atom is -0.339 e. The van der Waals surface area contributed by atoms with Crippen molar-refractivity contribution in [1.29, 1.82) is 0 Å². The molecule has 122 valence electrons. The van der Waals surface area contributed by atoms with Crippen molar-refractivity contribution in [2.75, 3.05) is 12.3 Å². The molecule has 0 unspecified atom stereocenters. The normalized spacial score (nSPS) is 31.1. The summed E-state index contributed by atoms with van der Waals surface area (Å²) in [6.45, 7) is 4.89. The monoisotopic (exact) mass is 316 g/mol. The average Bonchev–Trinajstić information content (AvgIpc) is 2.41. The Morgan fingerprint density at radius 3 is 2.38 bits per heavy atom. The van der Waals surface area contributed by atoms with Crippen LogP contribution in [0.5, 0.6) is 0 Å². The molecule has 0 aromatic carbocycles. The summed E-state index contributed by atoms with van der Waals surface area (Å²) in [5.41, 5.74) is 0. The smallest absolute Gasteiger partial charge is 0.239 e. The van der Waals surface area contributed by atoms with Crippen molar-refractivity contribution in [3.05, 3.63) is 0 Å². The Morgan fingerprint density at radius 2 is 1.76 bits per heavy atom. The van der Waals surface area contributed by atoms with Gasteiger partial charge in [0.15, 0.2) is 0 Å². The van der Waals surface area contributed by atoms with Crippen LogP contribution < -0.4 is 4.72 Å². The minimum atomic E-state index is -3.51.